The molecular formula is C18H31NO2. The molecule has 0 aromatic heterocycles. The largest absolute Gasteiger partial charge is 0.385 e. The summed E-state index contributed by atoms with van der Waals surface area (Å²) in [7, 11) is 1.73. The van der Waals surface area contributed by atoms with E-state index < -0.39 is 0 Å². The van der Waals surface area contributed by atoms with Crippen molar-refractivity contribution in [3.63, 3.8) is 0 Å². The number of methoxy groups -OCH3 is 1. The van der Waals surface area contributed by atoms with E-state index in [-0.39, 0.29) is 6.04 Å². The van der Waals surface area contributed by atoms with Crippen molar-refractivity contribution >= 4 is 0 Å². The van der Waals surface area contributed by atoms with Crippen LogP contribution in [0.5, 0.6) is 0 Å². The fraction of sp³-hybridized carbons (Fsp3) is 0.667. The molecule has 0 saturated carbocycles. The molecule has 0 aliphatic carbocycles. The summed E-state index contributed by atoms with van der Waals surface area (Å²) < 4.78 is 10.9. The maximum atomic E-state index is 5.85. The third-order valence-corrected chi connectivity index (χ3v) is 3.65. The van der Waals surface area contributed by atoms with Gasteiger partial charge >= 0.3 is 0 Å². The minimum absolute atomic E-state index is 0.271. The summed E-state index contributed by atoms with van der Waals surface area (Å²) in [4.78, 5) is 0. The fourth-order valence-electron chi connectivity index (χ4n) is 2.81. The Labute approximate surface area is 130 Å². The summed E-state index contributed by atoms with van der Waals surface area (Å²) in [6.07, 6.45) is 2.08. The van der Waals surface area contributed by atoms with Gasteiger partial charge in [0.05, 0.1) is 12.6 Å². The molecule has 0 bridgehead atoms. The Kier molecular flexibility index (Phi) is 8.58. The average Bonchev–Trinajstić information content (AvgIpc) is 2.42. The predicted octanol–water partition coefficient (Wildman–Crippen LogP) is 3.71. The van der Waals surface area contributed by atoms with Crippen LogP contribution >= 0.6 is 0 Å². The van der Waals surface area contributed by atoms with Gasteiger partial charge in [-0.15, -0.1) is 0 Å². The molecule has 0 saturated heterocycles. The van der Waals surface area contributed by atoms with Crippen molar-refractivity contribution in [3.8, 4) is 0 Å². The molecular weight excluding hydrogens is 262 g/mol. The fourth-order valence-corrected chi connectivity index (χ4v) is 2.81. The smallest absolute Gasteiger partial charge is 0.0661 e. The summed E-state index contributed by atoms with van der Waals surface area (Å²) in [5.41, 5.74) is 5.41. The monoisotopic (exact) mass is 293 g/mol. The lowest BCUT2D eigenvalue weighted by Gasteiger charge is -2.23. The lowest BCUT2D eigenvalue weighted by molar-refractivity contribution is 0.0872. The van der Waals surface area contributed by atoms with Gasteiger partial charge in [0.2, 0.25) is 0 Å². The van der Waals surface area contributed by atoms with Gasteiger partial charge in [0.1, 0.15) is 0 Å². The van der Waals surface area contributed by atoms with Crippen LogP contribution in [0.2, 0.25) is 0 Å². The van der Waals surface area contributed by atoms with Gasteiger partial charge in [-0.25, -0.2) is 0 Å². The summed E-state index contributed by atoms with van der Waals surface area (Å²) >= 11 is 0. The SMILES string of the molecule is CCCNC(COCCCOC)c1c(C)cc(C)cc1C. The zero-order chi connectivity index (χ0) is 15.7. The Morgan fingerprint density at radius 3 is 2.33 bits per heavy atom. The zero-order valence-electron chi connectivity index (χ0n) is 14.3. The van der Waals surface area contributed by atoms with Crippen LogP contribution in [-0.4, -0.2) is 33.5 Å². The Morgan fingerprint density at radius 1 is 1.10 bits per heavy atom. The van der Waals surface area contributed by atoms with E-state index in [1.807, 2.05) is 0 Å². The molecule has 21 heavy (non-hydrogen) atoms. The second-order valence-corrected chi connectivity index (χ2v) is 5.74. The van der Waals surface area contributed by atoms with E-state index in [4.69, 9.17) is 9.47 Å². The van der Waals surface area contributed by atoms with Crippen LogP contribution in [0, 0.1) is 20.8 Å². The Morgan fingerprint density at radius 2 is 1.76 bits per heavy atom. The lowest BCUT2D eigenvalue weighted by atomic mass is 9.94. The van der Waals surface area contributed by atoms with E-state index in [1.54, 1.807) is 7.11 Å². The van der Waals surface area contributed by atoms with Gasteiger partial charge in [0.25, 0.3) is 0 Å². The van der Waals surface area contributed by atoms with E-state index in [9.17, 15) is 0 Å². The van der Waals surface area contributed by atoms with Crippen LogP contribution < -0.4 is 5.32 Å². The van der Waals surface area contributed by atoms with Crippen molar-refractivity contribution in [2.24, 2.45) is 0 Å². The van der Waals surface area contributed by atoms with Gasteiger partial charge in [0, 0.05) is 20.3 Å². The van der Waals surface area contributed by atoms with Crippen molar-refractivity contribution in [2.75, 3.05) is 33.5 Å². The topological polar surface area (TPSA) is 30.5 Å². The molecule has 0 amide bonds. The second kappa shape index (κ2) is 9.93. The quantitative estimate of drug-likeness (QED) is 0.667. The molecule has 0 radical (unpaired) electrons. The van der Waals surface area contributed by atoms with Crippen LogP contribution in [0.1, 0.15) is 48.1 Å². The molecule has 1 aromatic rings. The third kappa shape index (κ3) is 6.16. The highest BCUT2D eigenvalue weighted by Gasteiger charge is 2.16. The summed E-state index contributed by atoms with van der Waals surface area (Å²) in [6.45, 7) is 12.0. The molecule has 0 spiro atoms. The maximum Gasteiger partial charge on any atom is 0.0661 e. The predicted molar refractivity (Wildman–Crippen MR) is 89.0 cm³/mol. The molecule has 120 valence electrons. The minimum atomic E-state index is 0.271. The van der Waals surface area contributed by atoms with Crippen LogP contribution in [0.15, 0.2) is 12.1 Å². The van der Waals surface area contributed by atoms with Gasteiger partial charge in [-0.05, 0) is 56.8 Å². The van der Waals surface area contributed by atoms with E-state index in [2.05, 4.69) is 45.1 Å². The first-order valence-electron chi connectivity index (χ1n) is 7.98. The first kappa shape index (κ1) is 18.1. The second-order valence-electron chi connectivity index (χ2n) is 5.74. The molecule has 0 heterocycles. The Balaban J connectivity index is 2.72. The summed E-state index contributed by atoms with van der Waals surface area (Å²) in [5.74, 6) is 0. The first-order valence-corrected chi connectivity index (χ1v) is 7.98. The molecule has 1 aromatic carbocycles. The van der Waals surface area contributed by atoms with Crippen LogP contribution in [0.3, 0.4) is 0 Å². The number of ether oxygens (including phenoxy) is 2. The number of nitrogens with one attached hydrogen (secondary N) is 1. The maximum absolute atomic E-state index is 5.85. The highest BCUT2D eigenvalue weighted by molar-refractivity contribution is 5.39. The molecule has 0 aliphatic heterocycles. The molecule has 0 aliphatic rings. The lowest BCUT2D eigenvalue weighted by Crippen LogP contribution is -2.28. The van der Waals surface area contributed by atoms with Crippen LogP contribution in [-0.2, 0) is 9.47 Å². The number of benzene rings is 1. The standard InChI is InChI=1S/C18H31NO2/c1-6-8-19-17(13-21-10-7-9-20-5)18-15(3)11-14(2)12-16(18)4/h11-12,17,19H,6-10,13H2,1-5H3. The number of hydrogen-bond donors (Lipinski definition) is 1. The van der Waals surface area contributed by atoms with E-state index >= 15 is 0 Å². The van der Waals surface area contributed by atoms with Crippen molar-refractivity contribution in [1.82, 2.24) is 5.32 Å². The first-order chi connectivity index (χ1) is 10.1. The highest BCUT2D eigenvalue weighted by Crippen LogP contribution is 2.24. The minimum Gasteiger partial charge on any atom is -0.385 e. The van der Waals surface area contributed by atoms with Crippen molar-refractivity contribution in [1.29, 1.82) is 0 Å². The third-order valence-electron chi connectivity index (χ3n) is 3.65. The van der Waals surface area contributed by atoms with Gasteiger partial charge in [-0.2, -0.15) is 0 Å². The van der Waals surface area contributed by atoms with Gasteiger partial charge < -0.3 is 14.8 Å². The number of hydrogen-bond acceptors (Lipinski definition) is 3. The van der Waals surface area contributed by atoms with Gasteiger partial charge in [-0.3, -0.25) is 0 Å². The van der Waals surface area contributed by atoms with E-state index in [1.165, 1.54) is 22.3 Å². The van der Waals surface area contributed by atoms with E-state index in [0.29, 0.717) is 6.61 Å². The summed E-state index contributed by atoms with van der Waals surface area (Å²) in [5, 5.41) is 3.62. The van der Waals surface area contributed by atoms with E-state index in [0.717, 1.165) is 32.6 Å². The Bertz CT molecular complexity index is 395. The number of rotatable bonds is 10. The van der Waals surface area contributed by atoms with Crippen molar-refractivity contribution in [2.45, 2.75) is 46.6 Å². The van der Waals surface area contributed by atoms with Crippen molar-refractivity contribution in [3.05, 3.63) is 34.4 Å². The number of aryl methyl sites for hydroxylation is 3. The Hall–Kier alpha value is -0.900. The average molecular weight is 293 g/mol. The zero-order valence-corrected chi connectivity index (χ0v) is 14.3. The molecule has 3 heteroatoms. The molecule has 1 atom stereocenters. The van der Waals surface area contributed by atoms with Gasteiger partial charge in [-0.1, -0.05) is 24.6 Å². The molecule has 1 unspecified atom stereocenters. The summed E-state index contributed by atoms with van der Waals surface area (Å²) in [6, 6.07) is 4.79. The highest BCUT2D eigenvalue weighted by atomic mass is 16.5. The van der Waals surface area contributed by atoms with Crippen LogP contribution in [0.25, 0.3) is 0 Å². The molecule has 1 N–H and O–H groups in total. The van der Waals surface area contributed by atoms with Crippen molar-refractivity contribution < 1.29 is 9.47 Å². The van der Waals surface area contributed by atoms with Gasteiger partial charge in [0.15, 0.2) is 0 Å². The normalized spacial score (nSPS) is 12.6. The molecule has 3 nitrogen and oxygen atoms in total. The van der Waals surface area contributed by atoms with Crippen LogP contribution in [0.4, 0.5) is 0 Å². The molecule has 1 rings (SSSR count). The molecule has 0 fully saturated rings.